The van der Waals surface area contributed by atoms with E-state index >= 15 is 0 Å². The summed E-state index contributed by atoms with van der Waals surface area (Å²) in [5.41, 5.74) is 6.28. The fourth-order valence-corrected chi connectivity index (χ4v) is 5.50. The Labute approximate surface area is 164 Å². The van der Waals surface area contributed by atoms with E-state index in [9.17, 15) is 5.11 Å². The first-order valence-electron chi connectivity index (χ1n) is 10.4. The zero-order valence-electron chi connectivity index (χ0n) is 17.2. The van der Waals surface area contributed by atoms with E-state index < -0.39 is 6.23 Å². The maximum atomic E-state index is 10.2. The average molecular weight is 388 g/mol. The molecule has 26 heavy (non-hydrogen) atoms. The Kier molecular flexibility index (Phi) is 9.64. The van der Waals surface area contributed by atoms with E-state index in [4.69, 9.17) is 5.73 Å². The molecule has 0 aromatic rings. The van der Waals surface area contributed by atoms with Crippen LogP contribution < -0.4 is 16.4 Å². The maximum absolute atomic E-state index is 10.2. The largest absolute Gasteiger partial charge is 0.379 e. The minimum absolute atomic E-state index is 0.233. The molecule has 0 aromatic carbocycles. The van der Waals surface area contributed by atoms with Crippen molar-refractivity contribution in [3.63, 3.8) is 0 Å². The first-order valence-corrected chi connectivity index (χ1v) is 11.3. The lowest BCUT2D eigenvalue weighted by Gasteiger charge is -2.34. The predicted molar refractivity (Wildman–Crippen MR) is 112 cm³/mol. The lowest BCUT2D eigenvalue weighted by atomic mass is 9.87. The van der Waals surface area contributed by atoms with Crippen LogP contribution in [0.1, 0.15) is 46.5 Å². The van der Waals surface area contributed by atoms with Gasteiger partial charge in [-0.05, 0) is 58.7 Å². The molecule has 0 radical (unpaired) electrons. The topological polar surface area (TPSA) is 76.8 Å². The lowest BCUT2D eigenvalue weighted by Crippen LogP contribution is -2.50. The third-order valence-electron chi connectivity index (χ3n) is 5.92. The van der Waals surface area contributed by atoms with Crippen LogP contribution >= 0.6 is 11.8 Å². The monoisotopic (exact) mass is 387 g/mol. The number of thioether (sulfide) groups is 1. The third kappa shape index (κ3) is 6.93. The molecule has 0 bridgehead atoms. The van der Waals surface area contributed by atoms with Gasteiger partial charge in [-0.25, -0.2) is 0 Å². The Morgan fingerprint density at radius 1 is 1.23 bits per heavy atom. The molecule has 6 atom stereocenters. The van der Waals surface area contributed by atoms with Crippen LogP contribution in [0.3, 0.4) is 0 Å². The first-order chi connectivity index (χ1) is 12.4. The molecule has 6 nitrogen and oxygen atoms in total. The number of piperidine rings is 1. The predicted octanol–water partition coefficient (Wildman–Crippen LogP) is 1.06. The quantitative estimate of drug-likeness (QED) is 0.418. The smallest absolute Gasteiger partial charge is 0.110 e. The van der Waals surface area contributed by atoms with E-state index in [0.717, 1.165) is 45.6 Å². The van der Waals surface area contributed by atoms with Gasteiger partial charge in [0.05, 0.1) is 0 Å². The highest BCUT2D eigenvalue weighted by atomic mass is 32.2. The summed E-state index contributed by atoms with van der Waals surface area (Å²) in [6.07, 6.45) is 4.25. The van der Waals surface area contributed by atoms with Gasteiger partial charge >= 0.3 is 0 Å². The van der Waals surface area contributed by atoms with Gasteiger partial charge < -0.3 is 21.1 Å². The minimum atomic E-state index is -0.410. The van der Waals surface area contributed by atoms with Crippen LogP contribution in [-0.2, 0) is 0 Å². The molecule has 0 saturated carbocycles. The number of rotatable bonds is 10. The second-order valence-electron chi connectivity index (χ2n) is 8.20. The number of aliphatic hydroxyl groups excluding tert-OH is 1. The van der Waals surface area contributed by atoms with Gasteiger partial charge in [-0.3, -0.25) is 10.2 Å². The molecule has 154 valence electrons. The normalized spacial score (nSPS) is 33.9. The molecular formula is C19H41N5OS. The van der Waals surface area contributed by atoms with Crippen molar-refractivity contribution in [3.05, 3.63) is 0 Å². The van der Waals surface area contributed by atoms with Crippen LogP contribution in [-0.4, -0.2) is 83.7 Å². The fraction of sp³-hybridized carbons (Fsp3) is 1.00. The standard InChI is InChI=1S/C19H41N5OS/c1-5-23(4)9-6-10-24(15(3)25)19-22-13-17(26-19)7-8-18-14(2)11-16(20)12-21-18/h14-19,21-22,25H,5-13,20H2,1-4H3. The Morgan fingerprint density at radius 3 is 2.65 bits per heavy atom. The Bertz CT molecular complexity index is 400. The molecule has 2 rings (SSSR count). The van der Waals surface area contributed by atoms with E-state index in [1.54, 1.807) is 0 Å². The van der Waals surface area contributed by atoms with Gasteiger partial charge in [0, 0.05) is 37.0 Å². The zero-order chi connectivity index (χ0) is 19.1. The molecule has 2 aliphatic heterocycles. The van der Waals surface area contributed by atoms with E-state index in [-0.39, 0.29) is 5.50 Å². The van der Waals surface area contributed by atoms with E-state index in [1.807, 2.05) is 18.7 Å². The third-order valence-corrected chi connectivity index (χ3v) is 7.40. The lowest BCUT2D eigenvalue weighted by molar-refractivity contribution is 0.00339. The molecule has 0 aliphatic carbocycles. The maximum Gasteiger partial charge on any atom is 0.110 e. The second-order valence-corrected chi connectivity index (χ2v) is 9.59. The number of nitrogens with one attached hydrogen (secondary N) is 2. The van der Waals surface area contributed by atoms with Crippen molar-refractivity contribution in [2.24, 2.45) is 11.7 Å². The number of aliphatic hydroxyl groups is 1. The highest BCUT2D eigenvalue weighted by Crippen LogP contribution is 2.31. The number of nitrogens with zero attached hydrogens (tertiary/aromatic N) is 2. The average Bonchev–Trinajstić information content (AvgIpc) is 3.05. The number of hydrogen-bond acceptors (Lipinski definition) is 7. The summed E-state index contributed by atoms with van der Waals surface area (Å²) in [5, 5.41) is 18.1. The van der Waals surface area contributed by atoms with Crippen LogP contribution in [0.5, 0.6) is 0 Å². The van der Waals surface area contributed by atoms with E-state index in [1.165, 1.54) is 12.8 Å². The highest BCUT2D eigenvalue weighted by Gasteiger charge is 2.32. The molecule has 5 N–H and O–H groups in total. The first kappa shape index (κ1) is 22.4. The molecule has 2 heterocycles. The SMILES string of the molecule is CCN(C)CCCN(C(C)O)C1NCC(CCC2NCC(N)CC2C)S1. The second kappa shape index (κ2) is 11.2. The van der Waals surface area contributed by atoms with Gasteiger partial charge in [0.15, 0.2) is 0 Å². The van der Waals surface area contributed by atoms with Gasteiger partial charge in [-0.1, -0.05) is 13.8 Å². The summed E-state index contributed by atoms with van der Waals surface area (Å²) in [6.45, 7) is 11.5. The van der Waals surface area contributed by atoms with Crippen LogP contribution in [0.4, 0.5) is 0 Å². The molecule has 2 fully saturated rings. The summed E-state index contributed by atoms with van der Waals surface area (Å²) in [6, 6.07) is 0.923. The van der Waals surface area contributed by atoms with Gasteiger partial charge in [-0.2, -0.15) is 0 Å². The minimum Gasteiger partial charge on any atom is -0.379 e. The van der Waals surface area contributed by atoms with Crippen LogP contribution in [0.2, 0.25) is 0 Å². The number of hydrogen-bond donors (Lipinski definition) is 4. The van der Waals surface area contributed by atoms with Gasteiger partial charge in [-0.15, -0.1) is 11.8 Å². The number of nitrogens with two attached hydrogens (primary N) is 1. The molecular weight excluding hydrogens is 346 g/mol. The van der Waals surface area contributed by atoms with Crippen molar-refractivity contribution in [2.45, 2.75) is 75.5 Å². The van der Waals surface area contributed by atoms with Gasteiger partial charge in [0.25, 0.3) is 0 Å². The van der Waals surface area contributed by atoms with Crippen LogP contribution in [0.25, 0.3) is 0 Å². The summed E-state index contributed by atoms with van der Waals surface area (Å²) < 4.78 is 0. The van der Waals surface area contributed by atoms with Gasteiger partial charge in [0.2, 0.25) is 0 Å². The highest BCUT2D eigenvalue weighted by molar-refractivity contribution is 8.00. The van der Waals surface area contributed by atoms with Crippen molar-refractivity contribution < 1.29 is 5.11 Å². The van der Waals surface area contributed by atoms with Crippen molar-refractivity contribution in [1.82, 2.24) is 20.4 Å². The Hall–Kier alpha value is 0.110. The van der Waals surface area contributed by atoms with Crippen molar-refractivity contribution in [1.29, 1.82) is 0 Å². The molecule has 2 saturated heterocycles. The van der Waals surface area contributed by atoms with E-state index in [2.05, 4.69) is 41.3 Å². The van der Waals surface area contributed by atoms with Crippen molar-refractivity contribution in [2.75, 3.05) is 39.8 Å². The molecule has 0 aromatic heterocycles. The Morgan fingerprint density at radius 2 is 2.00 bits per heavy atom. The Balaban J connectivity index is 1.72. The molecule has 6 unspecified atom stereocenters. The van der Waals surface area contributed by atoms with Gasteiger partial charge in [0.1, 0.15) is 11.7 Å². The van der Waals surface area contributed by atoms with E-state index in [0.29, 0.717) is 23.3 Å². The summed E-state index contributed by atoms with van der Waals surface area (Å²) in [5.74, 6) is 0.665. The van der Waals surface area contributed by atoms with Crippen molar-refractivity contribution in [3.8, 4) is 0 Å². The van der Waals surface area contributed by atoms with Crippen LogP contribution in [0.15, 0.2) is 0 Å². The molecule has 2 aliphatic rings. The summed E-state index contributed by atoms with van der Waals surface area (Å²) in [4.78, 5) is 4.52. The summed E-state index contributed by atoms with van der Waals surface area (Å²) >= 11 is 1.99. The molecule has 0 amide bonds. The summed E-state index contributed by atoms with van der Waals surface area (Å²) in [7, 11) is 2.15. The fourth-order valence-electron chi connectivity index (χ4n) is 4.04. The molecule has 7 heteroatoms. The van der Waals surface area contributed by atoms with Crippen LogP contribution in [0, 0.1) is 5.92 Å². The van der Waals surface area contributed by atoms with Crippen molar-refractivity contribution >= 4 is 11.8 Å². The molecule has 0 spiro atoms. The zero-order valence-corrected chi connectivity index (χ0v) is 18.0.